The second kappa shape index (κ2) is 4.28. The van der Waals surface area contributed by atoms with Crippen LogP contribution in [0, 0.1) is 51.2 Å². The zero-order valence-corrected chi connectivity index (χ0v) is 16.4. The van der Waals surface area contributed by atoms with Crippen LogP contribution in [0.4, 0.5) is 0 Å². The first kappa shape index (κ1) is 15.1. The molecule has 8 bridgehead atoms. The molecule has 8 aliphatic rings. The van der Waals surface area contributed by atoms with Gasteiger partial charge in [0.2, 0.25) is 0 Å². The van der Waals surface area contributed by atoms with Crippen molar-refractivity contribution in [1.29, 1.82) is 0 Å². The monoisotopic (exact) mass is 326 g/mol. The van der Waals surface area contributed by atoms with E-state index in [4.69, 9.17) is 0 Å². The van der Waals surface area contributed by atoms with Gasteiger partial charge in [-0.2, -0.15) is 0 Å². The van der Waals surface area contributed by atoms with Crippen molar-refractivity contribution in [3.8, 4) is 0 Å². The summed E-state index contributed by atoms with van der Waals surface area (Å²) in [6.07, 6.45) is 19.5. The minimum atomic E-state index is 0.526. The molecule has 8 saturated carbocycles. The summed E-state index contributed by atoms with van der Waals surface area (Å²) in [5, 5.41) is 0. The molecule has 0 spiro atoms. The summed E-state index contributed by atoms with van der Waals surface area (Å²) >= 11 is 0. The van der Waals surface area contributed by atoms with Crippen LogP contribution in [0.15, 0.2) is 0 Å². The maximum absolute atomic E-state index is 2.59. The Labute approximate surface area is 149 Å². The average molecular weight is 327 g/mol. The van der Waals surface area contributed by atoms with Crippen LogP contribution in [-0.4, -0.2) is 0 Å². The smallest absolute Gasteiger partial charge is 0.0230 e. The Morgan fingerprint density at radius 2 is 0.958 bits per heavy atom. The molecule has 24 heavy (non-hydrogen) atoms. The van der Waals surface area contributed by atoms with Gasteiger partial charge in [0.15, 0.2) is 0 Å². The maximum Gasteiger partial charge on any atom is -0.0230 e. The Morgan fingerprint density at radius 3 is 1.42 bits per heavy atom. The van der Waals surface area contributed by atoms with Gasteiger partial charge in [0.05, 0.1) is 0 Å². The zero-order valence-electron chi connectivity index (χ0n) is 16.4. The molecule has 8 rings (SSSR count). The van der Waals surface area contributed by atoms with E-state index >= 15 is 0 Å². The third-order valence-electron chi connectivity index (χ3n) is 10.8. The summed E-state index contributed by atoms with van der Waals surface area (Å²) < 4.78 is 0. The van der Waals surface area contributed by atoms with Crippen LogP contribution in [0.3, 0.4) is 0 Å². The van der Waals surface area contributed by atoms with Crippen LogP contribution in [0.1, 0.15) is 97.8 Å². The third kappa shape index (κ3) is 1.72. The standard InChI is InChI=1S/C24H38/c1-21(2,3)23-11-19-7-20(12-23)14-24(13-19,15-23)22-8-16-4-17(9-22)6-18(5-16)10-22/h16-20H,4-15H2,1-3H3. The highest BCUT2D eigenvalue weighted by Gasteiger charge is 2.68. The van der Waals surface area contributed by atoms with Crippen molar-refractivity contribution >= 4 is 0 Å². The Morgan fingerprint density at radius 1 is 0.542 bits per heavy atom. The van der Waals surface area contributed by atoms with Gasteiger partial charge in [0.1, 0.15) is 0 Å². The Hall–Kier alpha value is 0. The molecule has 2 unspecified atom stereocenters. The van der Waals surface area contributed by atoms with Crippen molar-refractivity contribution in [2.24, 2.45) is 51.2 Å². The minimum absolute atomic E-state index is 0.526. The van der Waals surface area contributed by atoms with E-state index in [-0.39, 0.29) is 0 Å². The molecule has 2 atom stereocenters. The van der Waals surface area contributed by atoms with Crippen LogP contribution in [-0.2, 0) is 0 Å². The van der Waals surface area contributed by atoms with Gasteiger partial charge in [-0.15, -0.1) is 0 Å². The molecule has 0 nitrogen and oxygen atoms in total. The first-order valence-corrected chi connectivity index (χ1v) is 11.3. The highest BCUT2D eigenvalue weighted by atomic mass is 14.7. The summed E-state index contributed by atoms with van der Waals surface area (Å²) in [7, 11) is 0. The largest absolute Gasteiger partial charge is 0.0596 e. The molecule has 134 valence electrons. The molecule has 8 aliphatic carbocycles. The van der Waals surface area contributed by atoms with E-state index in [0.717, 1.165) is 40.4 Å². The van der Waals surface area contributed by atoms with E-state index in [1.165, 1.54) is 0 Å². The van der Waals surface area contributed by atoms with Gasteiger partial charge in [-0.1, -0.05) is 20.8 Å². The van der Waals surface area contributed by atoms with E-state index in [2.05, 4.69) is 20.8 Å². The van der Waals surface area contributed by atoms with Gasteiger partial charge in [-0.05, 0) is 128 Å². The summed E-state index contributed by atoms with van der Waals surface area (Å²) in [6.45, 7) is 7.77. The lowest BCUT2D eigenvalue weighted by molar-refractivity contribution is -0.240. The van der Waals surface area contributed by atoms with Crippen molar-refractivity contribution in [2.45, 2.75) is 97.8 Å². The van der Waals surface area contributed by atoms with Gasteiger partial charge in [-0.3, -0.25) is 0 Å². The van der Waals surface area contributed by atoms with E-state index < -0.39 is 0 Å². The predicted octanol–water partition coefficient (Wildman–Crippen LogP) is 6.84. The first-order valence-electron chi connectivity index (χ1n) is 11.3. The molecular formula is C24H38. The molecule has 0 N–H and O–H groups in total. The van der Waals surface area contributed by atoms with Crippen LogP contribution >= 0.6 is 0 Å². The first-order chi connectivity index (χ1) is 11.3. The molecule has 0 aromatic carbocycles. The summed E-state index contributed by atoms with van der Waals surface area (Å²) in [6, 6.07) is 0. The normalized spacial score (nSPS) is 60.9. The molecule has 0 aromatic heterocycles. The SMILES string of the molecule is CC(C)(C)C12CC3CC(C1)CC(C14CC5CC(CC(C5)C1)C4)(C3)C2. The molecule has 0 heteroatoms. The lowest BCUT2D eigenvalue weighted by Crippen LogP contribution is -2.64. The van der Waals surface area contributed by atoms with Crippen molar-refractivity contribution in [3.05, 3.63) is 0 Å². The molecule has 0 amide bonds. The molecule has 0 saturated heterocycles. The molecule has 0 aliphatic heterocycles. The van der Waals surface area contributed by atoms with Crippen molar-refractivity contribution in [1.82, 2.24) is 0 Å². The summed E-state index contributed by atoms with van der Waals surface area (Å²) in [5.74, 6) is 5.59. The molecule has 0 radical (unpaired) electrons. The number of hydrogen-bond donors (Lipinski definition) is 0. The quantitative estimate of drug-likeness (QED) is 0.495. The average Bonchev–Trinajstić information content (AvgIpc) is 2.43. The Bertz CT molecular complexity index is 512. The van der Waals surface area contributed by atoms with Crippen LogP contribution in [0.2, 0.25) is 0 Å². The van der Waals surface area contributed by atoms with E-state index in [0.29, 0.717) is 10.8 Å². The number of rotatable bonds is 1. The van der Waals surface area contributed by atoms with Crippen molar-refractivity contribution < 1.29 is 0 Å². The highest BCUT2D eigenvalue weighted by Crippen LogP contribution is 2.78. The second-order valence-corrected chi connectivity index (χ2v) is 13.0. The van der Waals surface area contributed by atoms with Gasteiger partial charge in [0, 0.05) is 0 Å². The van der Waals surface area contributed by atoms with E-state index in [1.54, 1.807) is 77.0 Å². The molecule has 0 aromatic rings. The summed E-state index contributed by atoms with van der Waals surface area (Å²) in [4.78, 5) is 0. The zero-order chi connectivity index (χ0) is 16.4. The predicted molar refractivity (Wildman–Crippen MR) is 99.6 cm³/mol. The lowest BCUT2D eigenvalue weighted by atomic mass is 9.31. The van der Waals surface area contributed by atoms with E-state index in [1.807, 2.05) is 0 Å². The van der Waals surface area contributed by atoms with Gasteiger partial charge in [-0.25, -0.2) is 0 Å². The summed E-state index contributed by atoms with van der Waals surface area (Å²) in [5.41, 5.74) is 2.80. The fourth-order valence-electron chi connectivity index (χ4n) is 10.5. The van der Waals surface area contributed by atoms with Crippen molar-refractivity contribution in [2.75, 3.05) is 0 Å². The van der Waals surface area contributed by atoms with Gasteiger partial charge in [0.25, 0.3) is 0 Å². The lowest BCUT2D eigenvalue weighted by Gasteiger charge is -2.74. The van der Waals surface area contributed by atoms with Crippen molar-refractivity contribution in [3.63, 3.8) is 0 Å². The van der Waals surface area contributed by atoms with E-state index in [9.17, 15) is 0 Å². The van der Waals surface area contributed by atoms with Gasteiger partial charge < -0.3 is 0 Å². The fourth-order valence-corrected chi connectivity index (χ4v) is 10.5. The Kier molecular flexibility index (Phi) is 2.69. The van der Waals surface area contributed by atoms with Crippen LogP contribution < -0.4 is 0 Å². The fraction of sp³-hybridized carbons (Fsp3) is 1.00. The minimum Gasteiger partial charge on any atom is -0.0596 e. The second-order valence-electron chi connectivity index (χ2n) is 13.0. The van der Waals surface area contributed by atoms with Gasteiger partial charge >= 0.3 is 0 Å². The number of hydrogen-bond acceptors (Lipinski definition) is 0. The Balaban J connectivity index is 1.45. The molecule has 8 fully saturated rings. The third-order valence-corrected chi connectivity index (χ3v) is 10.8. The maximum atomic E-state index is 2.59. The van der Waals surface area contributed by atoms with Crippen LogP contribution in [0.5, 0.6) is 0 Å². The van der Waals surface area contributed by atoms with Crippen LogP contribution in [0.25, 0.3) is 0 Å². The molecule has 0 heterocycles. The highest BCUT2D eigenvalue weighted by molar-refractivity contribution is 5.18. The topological polar surface area (TPSA) is 0 Å². The molecular weight excluding hydrogens is 288 g/mol.